The lowest BCUT2D eigenvalue weighted by atomic mass is 9.57. The number of aryl methyl sites for hydroxylation is 1. The monoisotopic (exact) mass is 525 g/mol. The van der Waals surface area contributed by atoms with E-state index in [0.717, 1.165) is 54.1 Å². The van der Waals surface area contributed by atoms with Crippen molar-refractivity contribution >= 4 is 11.6 Å². The number of hydrogen-bond acceptors (Lipinski definition) is 7. The number of amides is 1. The molecule has 2 aromatic heterocycles. The van der Waals surface area contributed by atoms with Crippen molar-refractivity contribution in [2.45, 2.75) is 75.8 Å². The molecule has 39 heavy (non-hydrogen) atoms. The van der Waals surface area contributed by atoms with E-state index in [9.17, 15) is 10.1 Å². The van der Waals surface area contributed by atoms with Crippen LogP contribution in [0.15, 0.2) is 36.7 Å². The molecule has 1 aromatic carbocycles. The largest absolute Gasteiger partial charge is 0.490 e. The Morgan fingerprint density at radius 3 is 2.72 bits per heavy atom. The highest BCUT2D eigenvalue weighted by atomic mass is 16.5. The first-order valence-electron chi connectivity index (χ1n) is 13.7. The van der Waals surface area contributed by atoms with Gasteiger partial charge in [0, 0.05) is 42.2 Å². The average Bonchev–Trinajstić information content (AvgIpc) is 3.33. The van der Waals surface area contributed by atoms with Crippen LogP contribution in [0.3, 0.4) is 0 Å². The minimum absolute atomic E-state index is 0.166. The van der Waals surface area contributed by atoms with Gasteiger partial charge in [-0.15, -0.1) is 10.2 Å². The second-order valence-corrected chi connectivity index (χ2v) is 12.5. The molecule has 0 atom stereocenters. The molecule has 3 aliphatic rings. The van der Waals surface area contributed by atoms with E-state index >= 15 is 0 Å². The van der Waals surface area contributed by atoms with E-state index in [4.69, 9.17) is 9.72 Å². The van der Waals surface area contributed by atoms with Gasteiger partial charge >= 0.3 is 0 Å². The van der Waals surface area contributed by atoms with Crippen molar-refractivity contribution in [1.82, 2.24) is 25.1 Å². The van der Waals surface area contributed by atoms with Gasteiger partial charge in [-0.25, -0.2) is 4.98 Å². The van der Waals surface area contributed by atoms with Crippen LogP contribution in [-0.2, 0) is 24.4 Å². The van der Waals surface area contributed by atoms with E-state index in [1.807, 2.05) is 35.9 Å². The zero-order valence-electron chi connectivity index (χ0n) is 23.0. The Balaban J connectivity index is 1.28. The number of nitriles is 1. The molecule has 3 aromatic rings. The molecule has 0 unspecified atom stereocenters. The first-order valence-corrected chi connectivity index (χ1v) is 13.7. The lowest BCUT2D eigenvalue weighted by Crippen LogP contribution is -2.44. The number of nitrogens with zero attached hydrogens (tertiary/aromatic N) is 5. The molecule has 2 aliphatic carbocycles. The third-order valence-electron chi connectivity index (χ3n) is 8.67. The number of hydrogen-bond donors (Lipinski definition) is 2. The van der Waals surface area contributed by atoms with Crippen LogP contribution in [0.25, 0.3) is 0 Å². The van der Waals surface area contributed by atoms with Crippen LogP contribution in [0, 0.1) is 17.2 Å². The van der Waals surface area contributed by atoms with Crippen LogP contribution >= 0.6 is 0 Å². The predicted molar refractivity (Wildman–Crippen MR) is 146 cm³/mol. The highest BCUT2D eigenvalue weighted by molar-refractivity contribution is 6.03. The maximum Gasteiger partial charge on any atom is 0.274 e. The highest BCUT2D eigenvalue weighted by Crippen LogP contribution is 2.53. The van der Waals surface area contributed by atoms with Gasteiger partial charge in [-0.3, -0.25) is 4.79 Å². The SMILES string of the molecule is Cn1cnnc1[C@]1(c2cccc(NC(=O)c3cc(CNC4(C)CC4)c4c(n3)C(C)(C)CO4)c2)C[C@H](CC#N)C1. The average molecular weight is 526 g/mol. The van der Waals surface area contributed by atoms with Gasteiger partial charge in [-0.05, 0) is 62.3 Å². The minimum atomic E-state index is -0.335. The summed E-state index contributed by atoms with van der Waals surface area (Å²) < 4.78 is 8.01. The molecule has 2 saturated carbocycles. The number of pyridine rings is 1. The smallest absolute Gasteiger partial charge is 0.274 e. The van der Waals surface area contributed by atoms with Crippen molar-refractivity contribution in [3.8, 4) is 11.8 Å². The number of rotatable bonds is 8. The first kappa shape index (κ1) is 25.5. The zero-order chi connectivity index (χ0) is 27.4. The number of fused-ring (bicyclic) bond motifs is 1. The summed E-state index contributed by atoms with van der Waals surface area (Å²) in [6, 6.07) is 12.1. The van der Waals surface area contributed by atoms with Crippen LogP contribution in [0.2, 0.25) is 0 Å². The lowest BCUT2D eigenvalue weighted by Gasteiger charge is -2.46. The topological polar surface area (TPSA) is 118 Å². The molecule has 3 heterocycles. The summed E-state index contributed by atoms with van der Waals surface area (Å²) in [5.74, 6) is 1.75. The van der Waals surface area contributed by atoms with E-state index in [-0.39, 0.29) is 22.3 Å². The standard InChI is InChI=1S/C30H35N7O2/c1-28(2)17-39-24-20(16-32-29(3)9-10-29)12-23(35-25(24)28)26(38)34-22-7-5-6-21(13-22)30(14-19(15-30)8-11-31)27-36-33-18-37(27)4/h5-7,12-13,18-19,32H,8-10,14-17H2,1-4H3,(H,34,38)/t19-,30+. The number of carbonyl (C=O) groups excluding carboxylic acids is 1. The Morgan fingerprint density at radius 1 is 1.23 bits per heavy atom. The van der Waals surface area contributed by atoms with Crippen LogP contribution < -0.4 is 15.4 Å². The Kier molecular flexibility index (Phi) is 5.99. The molecule has 2 N–H and O–H groups in total. The van der Waals surface area contributed by atoms with Crippen molar-refractivity contribution in [2.75, 3.05) is 11.9 Å². The maximum absolute atomic E-state index is 13.6. The fourth-order valence-corrected chi connectivity index (χ4v) is 6.00. The van der Waals surface area contributed by atoms with Crippen LogP contribution in [-0.4, -0.2) is 37.8 Å². The van der Waals surface area contributed by atoms with Gasteiger partial charge in [0.05, 0.1) is 23.8 Å². The Labute approximate surface area is 229 Å². The summed E-state index contributed by atoms with van der Waals surface area (Å²) in [4.78, 5) is 18.3. The van der Waals surface area contributed by atoms with Gasteiger partial charge < -0.3 is 19.9 Å². The molecule has 0 spiro atoms. The lowest BCUT2D eigenvalue weighted by molar-refractivity contribution is 0.102. The zero-order valence-corrected chi connectivity index (χ0v) is 23.0. The third kappa shape index (κ3) is 4.57. The summed E-state index contributed by atoms with van der Waals surface area (Å²) in [5.41, 5.74) is 3.51. The Bertz CT molecular complexity index is 1470. The van der Waals surface area contributed by atoms with E-state index in [2.05, 4.69) is 53.7 Å². The molecule has 9 heteroatoms. The summed E-state index contributed by atoms with van der Waals surface area (Å²) in [6.45, 7) is 7.60. The van der Waals surface area contributed by atoms with Gasteiger partial charge in [0.15, 0.2) is 0 Å². The highest BCUT2D eigenvalue weighted by Gasteiger charge is 2.49. The molecular weight excluding hydrogens is 490 g/mol. The van der Waals surface area contributed by atoms with E-state index in [1.54, 1.807) is 6.33 Å². The summed E-state index contributed by atoms with van der Waals surface area (Å²) in [6.07, 6.45) is 6.19. The van der Waals surface area contributed by atoms with Gasteiger partial charge in [-0.1, -0.05) is 26.0 Å². The van der Waals surface area contributed by atoms with Gasteiger partial charge in [0.25, 0.3) is 5.91 Å². The van der Waals surface area contributed by atoms with Crippen molar-refractivity contribution in [3.05, 3.63) is 65.0 Å². The first-order chi connectivity index (χ1) is 18.6. The molecule has 1 amide bonds. The van der Waals surface area contributed by atoms with E-state index in [1.165, 1.54) is 0 Å². The predicted octanol–water partition coefficient (Wildman–Crippen LogP) is 4.38. The van der Waals surface area contributed by atoms with E-state index < -0.39 is 0 Å². The molecule has 9 nitrogen and oxygen atoms in total. The maximum atomic E-state index is 13.6. The second-order valence-electron chi connectivity index (χ2n) is 12.5. The third-order valence-corrected chi connectivity index (χ3v) is 8.67. The quantitative estimate of drug-likeness (QED) is 0.448. The van der Waals surface area contributed by atoms with Crippen molar-refractivity contribution < 1.29 is 9.53 Å². The van der Waals surface area contributed by atoms with E-state index in [0.29, 0.717) is 36.9 Å². The molecule has 1 aliphatic heterocycles. The Morgan fingerprint density at radius 2 is 2.03 bits per heavy atom. The molecule has 0 saturated heterocycles. The summed E-state index contributed by atoms with van der Waals surface area (Å²) in [5, 5.41) is 24.5. The number of aromatic nitrogens is 4. The minimum Gasteiger partial charge on any atom is -0.490 e. The summed E-state index contributed by atoms with van der Waals surface area (Å²) >= 11 is 0. The molecule has 0 bridgehead atoms. The second kappa shape index (κ2) is 9.16. The number of carbonyl (C=O) groups is 1. The number of ether oxygens (including phenoxy) is 1. The van der Waals surface area contributed by atoms with Crippen LogP contribution in [0.1, 0.15) is 86.0 Å². The fourth-order valence-electron chi connectivity index (χ4n) is 6.00. The van der Waals surface area contributed by atoms with Crippen molar-refractivity contribution in [2.24, 2.45) is 13.0 Å². The van der Waals surface area contributed by atoms with Crippen LogP contribution in [0.5, 0.6) is 5.75 Å². The number of anilines is 1. The Hall–Kier alpha value is -3.77. The fraction of sp³-hybridized carbons (Fsp3) is 0.500. The number of nitrogens with one attached hydrogen (secondary N) is 2. The molecular formula is C30H35N7O2. The molecule has 2 fully saturated rings. The van der Waals surface area contributed by atoms with Crippen LogP contribution in [0.4, 0.5) is 5.69 Å². The summed E-state index contributed by atoms with van der Waals surface area (Å²) in [7, 11) is 1.95. The van der Waals surface area contributed by atoms with Crippen molar-refractivity contribution in [1.29, 1.82) is 5.26 Å². The van der Waals surface area contributed by atoms with Gasteiger partial charge in [0.1, 0.15) is 23.6 Å². The van der Waals surface area contributed by atoms with Gasteiger partial charge in [-0.2, -0.15) is 5.26 Å². The molecule has 202 valence electrons. The number of benzene rings is 1. The molecule has 0 radical (unpaired) electrons. The normalized spacial score (nSPS) is 23.7. The molecule has 6 rings (SSSR count). The van der Waals surface area contributed by atoms with Crippen molar-refractivity contribution in [3.63, 3.8) is 0 Å². The van der Waals surface area contributed by atoms with Gasteiger partial charge in [0.2, 0.25) is 0 Å².